The summed E-state index contributed by atoms with van der Waals surface area (Å²) in [6.45, 7) is 0. The lowest BCUT2D eigenvalue weighted by Crippen LogP contribution is -2.56. The van der Waals surface area contributed by atoms with Gasteiger partial charge in [-0.1, -0.05) is 69.6 Å². The van der Waals surface area contributed by atoms with Crippen LogP contribution in [0.4, 0.5) is 0 Å². The molecular weight excluding hydrogens is 305 g/mol. The zero-order valence-corrected chi connectivity index (χ0v) is 11.1. The lowest BCUT2D eigenvalue weighted by molar-refractivity contribution is -0.200. The first-order valence-electron chi connectivity index (χ1n) is 2.86. The van der Waals surface area contributed by atoms with Gasteiger partial charge in [0, 0.05) is 14.2 Å². The van der Waals surface area contributed by atoms with Gasteiger partial charge in [-0.15, -0.1) is 0 Å². The van der Waals surface area contributed by atoms with Crippen molar-refractivity contribution in [1.29, 1.82) is 0 Å². The smallest absolute Gasteiger partial charge is 0.264 e. The maximum Gasteiger partial charge on any atom is 0.264 e. The number of hydrogen-bond donors (Lipinski definition) is 0. The summed E-state index contributed by atoms with van der Waals surface area (Å²) in [6.07, 6.45) is 0. The second-order valence-electron chi connectivity index (χ2n) is 2.02. The van der Waals surface area contributed by atoms with E-state index in [1.807, 2.05) is 0 Å². The third kappa shape index (κ3) is 2.82. The minimum atomic E-state index is -2.03. The predicted octanol–water partition coefficient (Wildman–Crippen LogP) is 3.72. The Kier molecular flexibility index (Phi) is 5.26. The molecule has 0 saturated carbocycles. The van der Waals surface area contributed by atoms with Crippen LogP contribution in [0.3, 0.4) is 0 Å². The summed E-state index contributed by atoms with van der Waals surface area (Å²) in [4.78, 5) is 0. The van der Waals surface area contributed by atoms with Gasteiger partial charge in [-0.05, 0) is 0 Å². The molecule has 0 bridgehead atoms. The van der Waals surface area contributed by atoms with Crippen molar-refractivity contribution in [2.24, 2.45) is 0 Å². The number of hydrogen-bond acceptors (Lipinski definition) is 2. The monoisotopic (exact) mass is 308 g/mol. The van der Waals surface area contributed by atoms with Gasteiger partial charge in [0.05, 0.1) is 0 Å². The Hall–Kier alpha value is 1.66. The van der Waals surface area contributed by atoms with Crippen LogP contribution < -0.4 is 0 Å². The highest BCUT2D eigenvalue weighted by atomic mass is 35.6. The molecule has 0 fully saturated rings. The standard InChI is InChI=1S/C5H6Cl6O2/c1-12-3(13-2,4(6,7)8)5(9,10)11/h1-2H3. The summed E-state index contributed by atoms with van der Waals surface area (Å²) in [7, 11) is 2.40. The van der Waals surface area contributed by atoms with Crippen molar-refractivity contribution < 1.29 is 9.47 Å². The average molecular weight is 311 g/mol. The molecule has 0 aromatic heterocycles. The Bertz CT molecular complexity index is 151. The summed E-state index contributed by atoms with van der Waals surface area (Å²) >= 11 is 33.4. The highest BCUT2D eigenvalue weighted by Gasteiger charge is 2.63. The Labute approximate surface area is 106 Å². The van der Waals surface area contributed by atoms with E-state index in [0.717, 1.165) is 0 Å². The van der Waals surface area contributed by atoms with Gasteiger partial charge in [0.2, 0.25) is 7.59 Å². The van der Waals surface area contributed by atoms with Crippen LogP contribution in [0.5, 0.6) is 0 Å². The van der Waals surface area contributed by atoms with Crippen molar-refractivity contribution in [3.05, 3.63) is 0 Å². The molecule has 0 aliphatic carbocycles. The Morgan fingerprint density at radius 3 is 0.923 bits per heavy atom. The largest absolute Gasteiger partial charge is 0.346 e. The molecule has 0 rings (SSSR count). The summed E-state index contributed by atoms with van der Waals surface area (Å²) in [5, 5.41) is 0. The maximum atomic E-state index is 5.57. The van der Waals surface area contributed by atoms with Crippen LogP contribution >= 0.6 is 69.6 Å². The molecule has 0 saturated heterocycles. The van der Waals surface area contributed by atoms with Crippen LogP contribution in [0.2, 0.25) is 0 Å². The van der Waals surface area contributed by atoms with Crippen LogP contribution in [-0.4, -0.2) is 27.6 Å². The van der Waals surface area contributed by atoms with Gasteiger partial charge in [-0.2, -0.15) is 0 Å². The second kappa shape index (κ2) is 4.67. The topological polar surface area (TPSA) is 18.5 Å². The number of alkyl halides is 6. The van der Waals surface area contributed by atoms with Gasteiger partial charge < -0.3 is 9.47 Å². The minimum absolute atomic E-state index is 1.20. The minimum Gasteiger partial charge on any atom is -0.346 e. The molecule has 80 valence electrons. The van der Waals surface area contributed by atoms with Crippen LogP contribution in [0, 0.1) is 0 Å². The molecule has 0 unspecified atom stereocenters. The zero-order chi connectivity index (χ0) is 10.9. The molecule has 0 amide bonds. The van der Waals surface area contributed by atoms with E-state index in [9.17, 15) is 0 Å². The summed E-state index contributed by atoms with van der Waals surface area (Å²) in [6, 6.07) is 0. The number of rotatable bonds is 2. The van der Waals surface area contributed by atoms with E-state index < -0.39 is 13.4 Å². The van der Waals surface area contributed by atoms with Gasteiger partial charge in [0.25, 0.3) is 5.79 Å². The fraction of sp³-hybridized carbons (Fsp3) is 1.00. The van der Waals surface area contributed by atoms with Crippen molar-refractivity contribution in [1.82, 2.24) is 0 Å². The normalized spacial score (nSPS) is 14.8. The van der Waals surface area contributed by atoms with E-state index >= 15 is 0 Å². The number of ether oxygens (including phenoxy) is 2. The predicted molar refractivity (Wildman–Crippen MR) is 57.3 cm³/mol. The molecule has 13 heavy (non-hydrogen) atoms. The van der Waals surface area contributed by atoms with Crippen LogP contribution in [0.1, 0.15) is 0 Å². The molecule has 0 aromatic rings. The molecule has 0 aliphatic heterocycles. The summed E-state index contributed by atoms with van der Waals surface area (Å²) < 4.78 is 5.55. The molecule has 0 atom stereocenters. The van der Waals surface area contributed by atoms with E-state index in [2.05, 4.69) is 0 Å². The highest BCUT2D eigenvalue weighted by Crippen LogP contribution is 2.53. The molecule has 0 radical (unpaired) electrons. The first-order chi connectivity index (χ1) is 5.62. The van der Waals surface area contributed by atoms with Gasteiger partial charge in [0.1, 0.15) is 0 Å². The third-order valence-electron chi connectivity index (χ3n) is 1.32. The lowest BCUT2D eigenvalue weighted by atomic mass is 10.3. The van der Waals surface area contributed by atoms with E-state index in [4.69, 9.17) is 79.1 Å². The van der Waals surface area contributed by atoms with Gasteiger partial charge in [-0.3, -0.25) is 0 Å². The quantitative estimate of drug-likeness (QED) is 0.572. The maximum absolute atomic E-state index is 5.57. The summed E-state index contributed by atoms with van der Waals surface area (Å²) in [5.41, 5.74) is 0. The van der Waals surface area contributed by atoms with Crippen LogP contribution in [0.15, 0.2) is 0 Å². The number of halogens is 6. The van der Waals surface area contributed by atoms with Gasteiger partial charge in [-0.25, -0.2) is 0 Å². The van der Waals surface area contributed by atoms with Gasteiger partial charge >= 0.3 is 0 Å². The average Bonchev–Trinajstić information content (AvgIpc) is 1.84. The molecule has 0 aliphatic rings. The fourth-order valence-corrected chi connectivity index (χ4v) is 2.92. The molecule has 2 nitrogen and oxygen atoms in total. The molecule has 0 spiro atoms. The Balaban J connectivity index is 5.17. The second-order valence-corrected chi connectivity index (χ2v) is 6.58. The third-order valence-corrected chi connectivity index (χ3v) is 2.81. The molecule has 0 aromatic carbocycles. The molecule has 0 N–H and O–H groups in total. The molecule has 0 heterocycles. The van der Waals surface area contributed by atoms with E-state index in [1.54, 1.807) is 0 Å². The molecular formula is C5H6Cl6O2. The van der Waals surface area contributed by atoms with Gasteiger partial charge in [0.15, 0.2) is 0 Å². The van der Waals surface area contributed by atoms with Crippen molar-refractivity contribution in [3.63, 3.8) is 0 Å². The SMILES string of the molecule is COC(OC)(C(Cl)(Cl)Cl)C(Cl)(Cl)Cl. The molecule has 8 heteroatoms. The zero-order valence-electron chi connectivity index (χ0n) is 6.58. The van der Waals surface area contributed by atoms with Crippen molar-refractivity contribution in [3.8, 4) is 0 Å². The van der Waals surface area contributed by atoms with E-state index in [0.29, 0.717) is 0 Å². The van der Waals surface area contributed by atoms with Crippen molar-refractivity contribution >= 4 is 69.6 Å². The Morgan fingerprint density at radius 2 is 0.923 bits per heavy atom. The Morgan fingerprint density at radius 1 is 0.692 bits per heavy atom. The highest BCUT2D eigenvalue weighted by molar-refractivity contribution is 6.73. The lowest BCUT2D eigenvalue weighted by Gasteiger charge is -2.41. The first-order valence-corrected chi connectivity index (χ1v) is 5.13. The van der Waals surface area contributed by atoms with Crippen molar-refractivity contribution in [2.75, 3.05) is 14.2 Å². The van der Waals surface area contributed by atoms with Crippen LogP contribution in [0.25, 0.3) is 0 Å². The first kappa shape index (κ1) is 14.7. The fourth-order valence-electron chi connectivity index (χ4n) is 0.707. The van der Waals surface area contributed by atoms with Crippen LogP contribution in [-0.2, 0) is 9.47 Å². The number of methoxy groups -OCH3 is 2. The van der Waals surface area contributed by atoms with E-state index in [1.165, 1.54) is 14.2 Å². The van der Waals surface area contributed by atoms with E-state index in [-0.39, 0.29) is 0 Å². The van der Waals surface area contributed by atoms with Crippen molar-refractivity contribution in [2.45, 2.75) is 13.4 Å². The summed E-state index contributed by atoms with van der Waals surface area (Å²) in [5.74, 6) is -1.95.